The molecule has 0 spiro atoms. The lowest BCUT2D eigenvalue weighted by Gasteiger charge is -2.12. The molecule has 0 unspecified atom stereocenters. The van der Waals surface area contributed by atoms with E-state index in [9.17, 15) is 0 Å². The molecule has 1 heterocycles. The smallest absolute Gasteiger partial charge is 0.142 e. The van der Waals surface area contributed by atoms with E-state index in [1.807, 2.05) is 6.07 Å². The average Bonchev–Trinajstić information content (AvgIpc) is 2.60. The van der Waals surface area contributed by atoms with Crippen LogP contribution in [0.15, 0.2) is 10.6 Å². The molecule has 2 rings (SSSR count). The van der Waals surface area contributed by atoms with Crippen molar-refractivity contribution >= 4 is 0 Å². The highest BCUT2D eigenvalue weighted by molar-refractivity contribution is 5.24. The molecule has 1 saturated carbocycles. The monoisotopic (exact) mass is 180 g/mol. The topological polar surface area (TPSA) is 52.0 Å². The molecule has 1 aliphatic rings. The number of hydrogen-bond donors (Lipinski definition) is 1. The Hall–Kier alpha value is -0.830. The number of hydrogen-bond acceptors (Lipinski definition) is 3. The molecule has 0 aliphatic heterocycles. The van der Waals surface area contributed by atoms with Gasteiger partial charge in [-0.15, -0.1) is 0 Å². The van der Waals surface area contributed by atoms with Crippen molar-refractivity contribution in [1.29, 1.82) is 0 Å². The van der Waals surface area contributed by atoms with Crippen molar-refractivity contribution in [3.63, 3.8) is 0 Å². The van der Waals surface area contributed by atoms with Crippen LogP contribution in [0.25, 0.3) is 0 Å². The zero-order valence-corrected chi connectivity index (χ0v) is 8.42. The maximum Gasteiger partial charge on any atom is 0.142 e. The van der Waals surface area contributed by atoms with Crippen molar-refractivity contribution < 1.29 is 4.52 Å². The van der Waals surface area contributed by atoms with Crippen molar-refractivity contribution in [3.05, 3.63) is 17.5 Å². The summed E-state index contributed by atoms with van der Waals surface area (Å²) in [4.78, 5) is 0. The highest BCUT2D eigenvalue weighted by Gasteiger charge is 2.43. The second-order valence-corrected chi connectivity index (χ2v) is 4.98. The Labute approximate surface area is 78.3 Å². The predicted octanol–water partition coefficient (Wildman–Crippen LogP) is 1.92. The van der Waals surface area contributed by atoms with Gasteiger partial charge in [-0.25, -0.2) is 0 Å². The van der Waals surface area contributed by atoms with Gasteiger partial charge in [0.1, 0.15) is 11.5 Å². The summed E-state index contributed by atoms with van der Waals surface area (Å²) in [5, 5.41) is 4.02. The predicted molar refractivity (Wildman–Crippen MR) is 50.3 cm³/mol. The molecule has 1 aromatic rings. The normalized spacial score (nSPS) is 20.3. The van der Waals surface area contributed by atoms with Crippen molar-refractivity contribution in [1.82, 2.24) is 5.16 Å². The van der Waals surface area contributed by atoms with Gasteiger partial charge in [-0.2, -0.15) is 0 Å². The van der Waals surface area contributed by atoms with E-state index in [2.05, 4.69) is 25.9 Å². The summed E-state index contributed by atoms with van der Waals surface area (Å²) in [7, 11) is 0. The van der Waals surface area contributed by atoms with E-state index in [0.29, 0.717) is 0 Å². The third kappa shape index (κ3) is 1.48. The van der Waals surface area contributed by atoms with Crippen molar-refractivity contribution in [2.45, 2.75) is 44.6 Å². The minimum atomic E-state index is -0.174. The van der Waals surface area contributed by atoms with Gasteiger partial charge in [-0.3, -0.25) is 0 Å². The van der Waals surface area contributed by atoms with Gasteiger partial charge in [-0.1, -0.05) is 25.9 Å². The Bertz CT molecular complexity index is 298. The first-order valence-corrected chi connectivity index (χ1v) is 4.68. The highest BCUT2D eigenvalue weighted by atomic mass is 16.5. The number of nitrogens with zero attached hydrogens (tertiary/aromatic N) is 1. The van der Waals surface area contributed by atoms with E-state index < -0.39 is 0 Å². The van der Waals surface area contributed by atoms with Crippen molar-refractivity contribution in [2.75, 3.05) is 0 Å². The molecule has 3 heteroatoms. The molecule has 2 N–H and O–H groups in total. The first-order chi connectivity index (χ1) is 5.92. The van der Waals surface area contributed by atoms with Gasteiger partial charge in [0.2, 0.25) is 0 Å². The maximum absolute atomic E-state index is 6.00. The Balaban J connectivity index is 2.29. The molecule has 0 atom stereocenters. The third-order valence-electron chi connectivity index (χ3n) is 2.55. The lowest BCUT2D eigenvalue weighted by molar-refractivity contribution is 0.323. The van der Waals surface area contributed by atoms with Gasteiger partial charge in [0.25, 0.3) is 0 Å². The summed E-state index contributed by atoms with van der Waals surface area (Å²) in [5.41, 5.74) is 6.77. The number of aromatic nitrogens is 1. The second kappa shape index (κ2) is 2.35. The lowest BCUT2D eigenvalue weighted by atomic mass is 9.93. The number of rotatable bonds is 1. The first kappa shape index (κ1) is 8.75. The Morgan fingerprint density at radius 3 is 2.46 bits per heavy atom. The SMILES string of the molecule is CC(C)(C)c1cc(C2(N)CC2)no1. The summed E-state index contributed by atoms with van der Waals surface area (Å²) in [6.07, 6.45) is 2.06. The fourth-order valence-electron chi connectivity index (χ4n) is 1.25. The van der Waals surface area contributed by atoms with Crippen LogP contribution >= 0.6 is 0 Å². The molecule has 1 aliphatic carbocycles. The van der Waals surface area contributed by atoms with E-state index in [0.717, 1.165) is 24.3 Å². The largest absolute Gasteiger partial charge is 0.361 e. The fraction of sp³-hybridized carbons (Fsp3) is 0.700. The maximum atomic E-state index is 6.00. The summed E-state index contributed by atoms with van der Waals surface area (Å²) in [6, 6.07) is 1.99. The molecule has 0 bridgehead atoms. The molecular formula is C10H16N2O. The summed E-state index contributed by atoms with van der Waals surface area (Å²) < 4.78 is 5.27. The van der Waals surface area contributed by atoms with E-state index in [1.165, 1.54) is 0 Å². The molecule has 1 aromatic heterocycles. The third-order valence-corrected chi connectivity index (χ3v) is 2.55. The summed E-state index contributed by atoms with van der Waals surface area (Å²) >= 11 is 0. The molecule has 0 saturated heterocycles. The van der Waals surface area contributed by atoms with Crippen LogP contribution in [-0.4, -0.2) is 5.16 Å². The van der Waals surface area contributed by atoms with Gasteiger partial charge in [-0.05, 0) is 12.8 Å². The van der Waals surface area contributed by atoms with E-state index in [4.69, 9.17) is 10.3 Å². The van der Waals surface area contributed by atoms with Crippen LogP contribution in [0.4, 0.5) is 0 Å². The van der Waals surface area contributed by atoms with E-state index >= 15 is 0 Å². The number of nitrogens with two attached hydrogens (primary N) is 1. The zero-order chi connectivity index (χ0) is 9.69. The first-order valence-electron chi connectivity index (χ1n) is 4.68. The molecule has 0 radical (unpaired) electrons. The standard InChI is InChI=1S/C10H16N2O/c1-9(2,3)8-6-7(12-13-8)10(11)4-5-10/h6H,4-5,11H2,1-3H3. The summed E-state index contributed by atoms with van der Waals surface area (Å²) in [6.45, 7) is 6.31. The molecule has 3 nitrogen and oxygen atoms in total. The van der Waals surface area contributed by atoms with E-state index in [1.54, 1.807) is 0 Å². The molecule has 1 fully saturated rings. The zero-order valence-electron chi connectivity index (χ0n) is 8.42. The molecule has 0 aromatic carbocycles. The van der Waals surface area contributed by atoms with Crippen LogP contribution in [0.3, 0.4) is 0 Å². The van der Waals surface area contributed by atoms with Crippen molar-refractivity contribution in [3.8, 4) is 0 Å². The van der Waals surface area contributed by atoms with Gasteiger partial charge in [0.05, 0.1) is 5.54 Å². The van der Waals surface area contributed by atoms with E-state index in [-0.39, 0.29) is 11.0 Å². The van der Waals surface area contributed by atoms with Crippen LogP contribution in [0.2, 0.25) is 0 Å². The summed E-state index contributed by atoms with van der Waals surface area (Å²) in [5.74, 6) is 0.916. The van der Waals surface area contributed by atoms with Gasteiger partial charge >= 0.3 is 0 Å². The molecule has 0 amide bonds. The van der Waals surface area contributed by atoms with Crippen LogP contribution in [0, 0.1) is 0 Å². The van der Waals surface area contributed by atoms with Crippen LogP contribution in [-0.2, 0) is 11.0 Å². The van der Waals surface area contributed by atoms with Gasteiger partial charge in [0, 0.05) is 11.5 Å². The van der Waals surface area contributed by atoms with Crippen molar-refractivity contribution in [2.24, 2.45) is 5.73 Å². The molecular weight excluding hydrogens is 164 g/mol. The van der Waals surface area contributed by atoms with Crippen LogP contribution in [0.1, 0.15) is 45.1 Å². The quantitative estimate of drug-likeness (QED) is 0.718. The van der Waals surface area contributed by atoms with Gasteiger partial charge < -0.3 is 10.3 Å². The fourth-order valence-corrected chi connectivity index (χ4v) is 1.25. The molecule has 72 valence electrons. The second-order valence-electron chi connectivity index (χ2n) is 4.98. The lowest BCUT2D eigenvalue weighted by Crippen LogP contribution is -2.19. The highest BCUT2D eigenvalue weighted by Crippen LogP contribution is 2.42. The van der Waals surface area contributed by atoms with Crippen LogP contribution < -0.4 is 5.73 Å². The Morgan fingerprint density at radius 2 is 2.08 bits per heavy atom. The Morgan fingerprint density at radius 1 is 1.46 bits per heavy atom. The average molecular weight is 180 g/mol. The van der Waals surface area contributed by atoms with Crippen LogP contribution in [0.5, 0.6) is 0 Å². The Kier molecular flexibility index (Phi) is 1.58. The minimum Gasteiger partial charge on any atom is -0.361 e. The minimum absolute atomic E-state index is 0.0243. The van der Waals surface area contributed by atoms with Gasteiger partial charge in [0.15, 0.2) is 0 Å². The molecule has 13 heavy (non-hydrogen) atoms.